The molecule has 1 amide bonds. The predicted molar refractivity (Wildman–Crippen MR) is 90.2 cm³/mol. The molecule has 3 rings (SSSR count). The number of carbonyl (C=O) groups excluding carboxylic acids is 1. The van der Waals surface area contributed by atoms with E-state index in [1.807, 2.05) is 11.6 Å². The van der Waals surface area contributed by atoms with Crippen LogP contribution in [0.3, 0.4) is 0 Å². The first kappa shape index (κ1) is 16.7. The molecule has 7 heteroatoms. The Morgan fingerprint density at radius 2 is 1.91 bits per heavy atom. The van der Waals surface area contributed by atoms with E-state index >= 15 is 0 Å². The molecule has 0 radical (unpaired) electrons. The van der Waals surface area contributed by atoms with E-state index in [-0.39, 0.29) is 11.2 Å². The molecule has 0 aromatic carbocycles. The molecule has 0 saturated heterocycles. The van der Waals surface area contributed by atoms with Gasteiger partial charge in [0.05, 0.1) is 11.3 Å². The van der Waals surface area contributed by atoms with Gasteiger partial charge in [0.1, 0.15) is 0 Å². The lowest BCUT2D eigenvalue weighted by Gasteiger charge is -2.22. The Bertz CT molecular complexity index is 508. The molecule has 2 aliphatic carbocycles. The average Bonchev–Trinajstić information content (AvgIpc) is 3.24. The number of carbonyl (C=O) groups is 1. The second-order valence-electron chi connectivity index (χ2n) is 6.85. The molecule has 1 N–H and O–H groups in total. The summed E-state index contributed by atoms with van der Waals surface area (Å²) in [5.41, 5.74) is 0. The maximum Gasteiger partial charge on any atom is 0.233 e. The van der Waals surface area contributed by atoms with E-state index in [0.29, 0.717) is 12.0 Å². The van der Waals surface area contributed by atoms with Crippen LogP contribution in [-0.4, -0.2) is 37.9 Å². The minimum absolute atomic E-state index is 0.0987. The molecule has 1 aromatic rings. The van der Waals surface area contributed by atoms with Crippen LogP contribution < -0.4 is 5.32 Å². The van der Waals surface area contributed by atoms with Gasteiger partial charge in [-0.05, 0) is 49.0 Å². The Hall–Kier alpha value is -1.11. The van der Waals surface area contributed by atoms with Crippen LogP contribution in [0, 0.1) is 5.92 Å². The number of thioether (sulfide) groups is 1. The van der Waals surface area contributed by atoms with E-state index in [0.717, 1.165) is 24.5 Å². The van der Waals surface area contributed by atoms with Crippen LogP contribution in [0.5, 0.6) is 0 Å². The maximum atomic E-state index is 12.3. The molecule has 2 saturated carbocycles. The van der Waals surface area contributed by atoms with Crippen LogP contribution in [0.4, 0.5) is 0 Å². The lowest BCUT2D eigenvalue weighted by Crippen LogP contribution is -2.35. The van der Waals surface area contributed by atoms with Crippen molar-refractivity contribution in [2.45, 2.75) is 81.2 Å². The average molecular weight is 337 g/mol. The van der Waals surface area contributed by atoms with Crippen molar-refractivity contribution in [1.82, 2.24) is 25.5 Å². The van der Waals surface area contributed by atoms with Gasteiger partial charge in [0.25, 0.3) is 0 Å². The van der Waals surface area contributed by atoms with Crippen LogP contribution >= 0.6 is 11.8 Å². The van der Waals surface area contributed by atoms with Gasteiger partial charge in [-0.15, -0.1) is 5.10 Å². The van der Waals surface area contributed by atoms with E-state index in [9.17, 15) is 4.79 Å². The van der Waals surface area contributed by atoms with Crippen LogP contribution in [0.15, 0.2) is 5.16 Å². The van der Waals surface area contributed by atoms with Crippen molar-refractivity contribution >= 4 is 17.7 Å². The quantitative estimate of drug-likeness (QED) is 0.808. The van der Waals surface area contributed by atoms with E-state index in [4.69, 9.17) is 0 Å². The first-order valence-corrected chi connectivity index (χ1v) is 9.84. The highest BCUT2D eigenvalue weighted by molar-refractivity contribution is 8.00. The highest BCUT2D eigenvalue weighted by atomic mass is 32.2. The van der Waals surface area contributed by atoms with Gasteiger partial charge in [0.15, 0.2) is 0 Å². The van der Waals surface area contributed by atoms with Gasteiger partial charge in [0.2, 0.25) is 11.1 Å². The molecule has 1 unspecified atom stereocenters. The first-order valence-electron chi connectivity index (χ1n) is 8.96. The van der Waals surface area contributed by atoms with Crippen LogP contribution in [0.25, 0.3) is 0 Å². The van der Waals surface area contributed by atoms with Gasteiger partial charge in [0, 0.05) is 6.54 Å². The van der Waals surface area contributed by atoms with Crippen molar-refractivity contribution in [3.05, 3.63) is 0 Å². The zero-order valence-corrected chi connectivity index (χ0v) is 14.7. The fourth-order valence-electron chi connectivity index (χ4n) is 3.63. The summed E-state index contributed by atoms with van der Waals surface area (Å²) in [5, 5.41) is 15.8. The van der Waals surface area contributed by atoms with Crippen molar-refractivity contribution in [1.29, 1.82) is 0 Å². The van der Waals surface area contributed by atoms with Gasteiger partial charge in [-0.3, -0.25) is 4.79 Å². The van der Waals surface area contributed by atoms with E-state index < -0.39 is 0 Å². The number of hydrogen-bond acceptors (Lipinski definition) is 5. The molecule has 0 spiro atoms. The van der Waals surface area contributed by atoms with Crippen molar-refractivity contribution in [3.63, 3.8) is 0 Å². The first-order chi connectivity index (χ1) is 11.2. The van der Waals surface area contributed by atoms with Crippen molar-refractivity contribution in [2.75, 3.05) is 6.54 Å². The molecule has 1 heterocycles. The lowest BCUT2D eigenvalue weighted by atomic mass is 9.89. The Kier molecular flexibility index (Phi) is 5.91. The smallest absolute Gasteiger partial charge is 0.233 e. The summed E-state index contributed by atoms with van der Waals surface area (Å²) in [5.74, 6) is 0.759. The molecule has 0 aliphatic heterocycles. The molecular formula is C16H27N5OS. The van der Waals surface area contributed by atoms with Gasteiger partial charge < -0.3 is 5.32 Å². The Balaban J connectivity index is 1.49. The minimum Gasteiger partial charge on any atom is -0.355 e. The zero-order chi connectivity index (χ0) is 16.1. The number of amides is 1. The second kappa shape index (κ2) is 8.13. The molecule has 2 aliphatic rings. The molecule has 6 nitrogen and oxygen atoms in total. The number of tetrazole rings is 1. The van der Waals surface area contributed by atoms with Crippen molar-refractivity contribution < 1.29 is 4.79 Å². The van der Waals surface area contributed by atoms with Gasteiger partial charge in [-0.2, -0.15) is 0 Å². The monoisotopic (exact) mass is 337 g/mol. The highest BCUT2D eigenvalue weighted by Gasteiger charge is 2.25. The number of aromatic nitrogens is 4. The standard InChI is InChI=1S/C16H27N5OS/c1-12(15(22)17-11-13-7-3-2-4-8-13)23-16-18-19-20-21(16)14-9-5-6-10-14/h12-14H,2-11H2,1H3,(H,17,22). The molecular weight excluding hydrogens is 310 g/mol. The third kappa shape index (κ3) is 4.46. The van der Waals surface area contributed by atoms with Crippen LogP contribution in [0.2, 0.25) is 0 Å². The second-order valence-corrected chi connectivity index (χ2v) is 8.16. The Morgan fingerprint density at radius 3 is 2.65 bits per heavy atom. The maximum absolute atomic E-state index is 12.3. The minimum atomic E-state index is -0.162. The summed E-state index contributed by atoms with van der Waals surface area (Å²) in [6.07, 6.45) is 11.2. The molecule has 1 aromatic heterocycles. The third-order valence-corrected chi connectivity index (χ3v) is 6.12. The summed E-state index contributed by atoms with van der Waals surface area (Å²) in [7, 11) is 0. The van der Waals surface area contributed by atoms with Gasteiger partial charge >= 0.3 is 0 Å². The number of hydrogen-bond donors (Lipinski definition) is 1. The van der Waals surface area contributed by atoms with Crippen molar-refractivity contribution in [3.8, 4) is 0 Å². The fourth-order valence-corrected chi connectivity index (χ4v) is 4.52. The Morgan fingerprint density at radius 1 is 1.22 bits per heavy atom. The van der Waals surface area contributed by atoms with E-state index in [2.05, 4.69) is 20.8 Å². The summed E-state index contributed by atoms with van der Waals surface area (Å²) in [6.45, 7) is 2.76. The van der Waals surface area contributed by atoms with Gasteiger partial charge in [-0.25, -0.2) is 4.68 Å². The molecule has 23 heavy (non-hydrogen) atoms. The van der Waals surface area contributed by atoms with Crippen LogP contribution in [0.1, 0.15) is 70.8 Å². The zero-order valence-electron chi connectivity index (χ0n) is 13.9. The topological polar surface area (TPSA) is 72.7 Å². The molecule has 128 valence electrons. The summed E-state index contributed by atoms with van der Waals surface area (Å²) >= 11 is 1.47. The number of nitrogens with zero attached hydrogens (tertiary/aromatic N) is 4. The largest absolute Gasteiger partial charge is 0.355 e. The summed E-state index contributed by atoms with van der Waals surface area (Å²) in [6, 6.07) is 0.407. The number of rotatable bonds is 6. The Labute approximate surface area is 142 Å². The van der Waals surface area contributed by atoms with E-state index in [1.165, 1.54) is 56.7 Å². The summed E-state index contributed by atoms with van der Waals surface area (Å²) in [4.78, 5) is 12.3. The molecule has 0 bridgehead atoms. The summed E-state index contributed by atoms with van der Waals surface area (Å²) < 4.78 is 1.92. The van der Waals surface area contributed by atoms with Crippen molar-refractivity contribution in [2.24, 2.45) is 5.92 Å². The van der Waals surface area contributed by atoms with Gasteiger partial charge in [-0.1, -0.05) is 43.9 Å². The normalized spacial score (nSPS) is 21.4. The lowest BCUT2D eigenvalue weighted by molar-refractivity contribution is -0.120. The molecule has 1 atom stereocenters. The third-order valence-electron chi connectivity index (χ3n) is 5.07. The van der Waals surface area contributed by atoms with E-state index in [1.54, 1.807) is 0 Å². The molecule has 2 fully saturated rings. The predicted octanol–water partition coefficient (Wildman–Crippen LogP) is 2.97. The fraction of sp³-hybridized carbons (Fsp3) is 0.875. The SMILES string of the molecule is CC(Sc1nnnn1C1CCCC1)C(=O)NCC1CCCCC1. The number of nitrogens with one attached hydrogen (secondary N) is 1. The van der Waals surface area contributed by atoms with Crippen LogP contribution in [-0.2, 0) is 4.79 Å². The highest BCUT2D eigenvalue weighted by Crippen LogP contribution is 2.32.